The van der Waals surface area contributed by atoms with Crippen LogP contribution < -0.4 is 0 Å². The van der Waals surface area contributed by atoms with E-state index in [4.69, 9.17) is 0 Å². The van der Waals surface area contributed by atoms with Crippen molar-refractivity contribution in [3.8, 4) is 44.5 Å². The van der Waals surface area contributed by atoms with E-state index in [-0.39, 0.29) is 0 Å². The minimum Gasteiger partial charge on any atom is -0.166 e. The Balaban J connectivity index is 1.10. The molecule has 0 atom stereocenters. The Labute approximate surface area is 330 Å². The summed E-state index contributed by atoms with van der Waals surface area (Å²) in [6.45, 7) is 0. The van der Waals surface area contributed by atoms with Gasteiger partial charge in [-0.15, -0.1) is 11.3 Å². The van der Waals surface area contributed by atoms with Gasteiger partial charge in [-0.3, -0.25) is 0 Å². The molecule has 0 unspecified atom stereocenters. The number of hydrogen-bond donors (Lipinski definition) is 0. The molecule has 57 heavy (non-hydrogen) atoms. The Hall–Kier alpha value is -6.75. The average Bonchev–Trinajstić information content (AvgIpc) is 3.62. The quantitative estimate of drug-likeness (QED) is 0.157. The van der Waals surface area contributed by atoms with E-state index in [0.29, 0.717) is 0 Å². The molecule has 11 aromatic rings. The normalized spacial score (nSPS) is 12.1. The molecule has 1 heterocycles. The minimum absolute atomic E-state index is 0.650. The molecular weight excluding hydrogens is 726 g/mol. The maximum absolute atomic E-state index is 13.5. The van der Waals surface area contributed by atoms with Crippen LogP contribution >= 0.6 is 11.3 Å². The van der Waals surface area contributed by atoms with Gasteiger partial charge in [0.15, 0.2) is 0 Å². The zero-order valence-corrected chi connectivity index (χ0v) is 31.3. The van der Waals surface area contributed by atoms with Gasteiger partial charge in [0.25, 0.3) is 0 Å². The van der Waals surface area contributed by atoms with E-state index < -0.39 is 11.7 Å². The number of hydrogen-bond acceptors (Lipinski definition) is 1. The maximum atomic E-state index is 13.5. The van der Waals surface area contributed by atoms with Crippen LogP contribution in [0.1, 0.15) is 5.56 Å². The molecule has 0 spiro atoms. The molecule has 0 nitrogen and oxygen atoms in total. The minimum atomic E-state index is -4.39. The molecule has 0 bridgehead atoms. The van der Waals surface area contributed by atoms with Gasteiger partial charge in [0.2, 0.25) is 0 Å². The molecule has 0 fully saturated rings. The third kappa shape index (κ3) is 5.36. The first-order valence-corrected chi connectivity index (χ1v) is 19.8. The molecule has 270 valence electrons. The fourth-order valence-corrected chi connectivity index (χ4v) is 10.1. The van der Waals surface area contributed by atoms with Gasteiger partial charge < -0.3 is 0 Å². The van der Waals surface area contributed by atoms with Crippen LogP contribution in [-0.2, 0) is 6.18 Å². The highest BCUT2D eigenvalue weighted by atomic mass is 32.1. The summed E-state index contributed by atoms with van der Waals surface area (Å²) < 4.78 is 43.0. The number of halogens is 3. The van der Waals surface area contributed by atoms with Crippen molar-refractivity contribution in [3.63, 3.8) is 0 Å². The summed E-state index contributed by atoms with van der Waals surface area (Å²) in [4.78, 5) is 0. The molecule has 4 heteroatoms. The standard InChI is InChI=1S/C53H31F3S/c54-53(55,56)36-26-22-33(23-27-36)50-40-16-6-10-20-44(40)52(45-21-11-7-17-41(45)50)35-24-28-37-46-30-34(25-29-47(46)57-48(37)31-35)51-42-18-8-4-14-38(42)49(32-12-2-1-3-13-32)39-15-5-9-19-43(39)51/h1-31H. The molecular formula is C53H31F3S. The first kappa shape index (κ1) is 33.6. The number of fused-ring (bicyclic) bond motifs is 7. The topological polar surface area (TPSA) is 0 Å². The third-order valence-corrected chi connectivity index (χ3v) is 12.6. The summed E-state index contributed by atoms with van der Waals surface area (Å²) in [5, 5.41) is 11.5. The van der Waals surface area contributed by atoms with Crippen LogP contribution in [0.5, 0.6) is 0 Å². The molecule has 1 aromatic heterocycles. The highest BCUT2D eigenvalue weighted by molar-refractivity contribution is 7.25. The van der Waals surface area contributed by atoms with E-state index >= 15 is 0 Å². The fourth-order valence-electron chi connectivity index (χ4n) is 9.02. The smallest absolute Gasteiger partial charge is 0.166 e. The molecule has 0 aliphatic rings. The highest BCUT2D eigenvalue weighted by Crippen LogP contribution is 2.48. The highest BCUT2D eigenvalue weighted by Gasteiger charge is 2.30. The van der Waals surface area contributed by atoms with Gasteiger partial charge in [-0.1, -0.05) is 158 Å². The largest absolute Gasteiger partial charge is 0.416 e. The SMILES string of the molecule is FC(F)(F)c1ccc(-c2c3ccccc3c(-c3ccc4c(c3)sc3ccc(-c5c6ccccc6c(-c6ccccc6)c6ccccc56)cc34)c3ccccc23)cc1. The van der Waals surface area contributed by atoms with E-state index in [0.717, 1.165) is 43.8 Å². The lowest BCUT2D eigenvalue weighted by atomic mass is 9.85. The Bertz CT molecular complexity index is 3260. The van der Waals surface area contributed by atoms with Crippen molar-refractivity contribution in [1.82, 2.24) is 0 Å². The lowest BCUT2D eigenvalue weighted by Crippen LogP contribution is -2.04. The van der Waals surface area contributed by atoms with Crippen LogP contribution in [0.4, 0.5) is 13.2 Å². The van der Waals surface area contributed by atoms with Crippen molar-refractivity contribution in [2.24, 2.45) is 0 Å². The first-order chi connectivity index (χ1) is 27.9. The Morgan fingerprint density at radius 2 is 0.649 bits per heavy atom. The third-order valence-electron chi connectivity index (χ3n) is 11.5. The second-order valence-electron chi connectivity index (χ2n) is 14.6. The summed E-state index contributed by atoms with van der Waals surface area (Å²) in [6.07, 6.45) is -4.39. The van der Waals surface area contributed by atoms with Crippen LogP contribution in [0.25, 0.3) is 108 Å². The van der Waals surface area contributed by atoms with Crippen molar-refractivity contribution in [1.29, 1.82) is 0 Å². The summed E-state index contributed by atoms with van der Waals surface area (Å²) >= 11 is 1.80. The molecule has 0 saturated heterocycles. The van der Waals surface area contributed by atoms with Crippen LogP contribution in [0.3, 0.4) is 0 Å². The second kappa shape index (κ2) is 12.9. The van der Waals surface area contributed by atoms with Gasteiger partial charge in [0.1, 0.15) is 0 Å². The van der Waals surface area contributed by atoms with Crippen molar-refractivity contribution in [2.45, 2.75) is 6.18 Å². The van der Waals surface area contributed by atoms with E-state index in [1.807, 2.05) is 24.3 Å². The Morgan fingerprint density at radius 3 is 1.11 bits per heavy atom. The molecule has 0 aliphatic carbocycles. The van der Waals surface area contributed by atoms with Gasteiger partial charge in [0, 0.05) is 20.2 Å². The fraction of sp³-hybridized carbons (Fsp3) is 0.0189. The van der Waals surface area contributed by atoms with Crippen molar-refractivity contribution in [3.05, 3.63) is 194 Å². The number of benzene rings is 10. The second-order valence-corrected chi connectivity index (χ2v) is 15.7. The zero-order valence-electron chi connectivity index (χ0n) is 30.4. The van der Waals surface area contributed by atoms with Crippen molar-refractivity contribution in [2.75, 3.05) is 0 Å². The molecule has 10 aromatic carbocycles. The number of alkyl halides is 3. The van der Waals surface area contributed by atoms with Crippen LogP contribution in [0, 0.1) is 0 Å². The van der Waals surface area contributed by atoms with Crippen LogP contribution in [-0.4, -0.2) is 0 Å². The van der Waals surface area contributed by atoms with Gasteiger partial charge in [-0.05, 0) is 118 Å². The lowest BCUT2D eigenvalue weighted by Gasteiger charge is -2.18. The average molecular weight is 757 g/mol. The van der Waals surface area contributed by atoms with E-state index in [1.165, 1.54) is 76.1 Å². The number of rotatable bonds is 4. The summed E-state index contributed by atoms with van der Waals surface area (Å²) in [5.41, 5.74) is 8.16. The molecule has 11 rings (SSSR count). The van der Waals surface area contributed by atoms with Gasteiger partial charge in [-0.25, -0.2) is 0 Å². The summed E-state index contributed by atoms with van der Waals surface area (Å²) in [7, 11) is 0. The van der Waals surface area contributed by atoms with Gasteiger partial charge >= 0.3 is 6.18 Å². The molecule has 0 saturated carbocycles. The van der Waals surface area contributed by atoms with Gasteiger partial charge in [-0.2, -0.15) is 13.2 Å². The van der Waals surface area contributed by atoms with Crippen LogP contribution in [0.2, 0.25) is 0 Å². The number of thiophene rings is 1. The Morgan fingerprint density at radius 1 is 0.281 bits per heavy atom. The lowest BCUT2D eigenvalue weighted by molar-refractivity contribution is -0.137. The summed E-state index contributed by atoms with van der Waals surface area (Å²) in [5.74, 6) is 0. The van der Waals surface area contributed by atoms with Crippen LogP contribution in [0.15, 0.2) is 188 Å². The predicted octanol–water partition coefficient (Wildman–Crippen LogP) is 16.4. The summed E-state index contributed by atoms with van der Waals surface area (Å²) in [6, 6.07) is 64.0. The molecule has 0 aliphatic heterocycles. The van der Waals surface area contributed by atoms with Gasteiger partial charge in [0.05, 0.1) is 5.56 Å². The maximum Gasteiger partial charge on any atom is 0.416 e. The molecule has 0 amide bonds. The monoisotopic (exact) mass is 756 g/mol. The molecule has 0 N–H and O–H groups in total. The van der Waals surface area contributed by atoms with E-state index in [9.17, 15) is 13.2 Å². The van der Waals surface area contributed by atoms with Crippen molar-refractivity contribution < 1.29 is 13.2 Å². The van der Waals surface area contributed by atoms with Crippen molar-refractivity contribution >= 4 is 74.6 Å². The zero-order chi connectivity index (χ0) is 38.3. The molecule has 0 radical (unpaired) electrons. The predicted molar refractivity (Wildman–Crippen MR) is 236 cm³/mol. The first-order valence-electron chi connectivity index (χ1n) is 19.0. The Kier molecular flexibility index (Phi) is 7.60. The van der Waals surface area contributed by atoms with E-state index in [1.54, 1.807) is 23.5 Å². The van der Waals surface area contributed by atoms with E-state index in [2.05, 4.69) is 140 Å².